The Labute approximate surface area is 495 Å². The van der Waals surface area contributed by atoms with E-state index in [0.29, 0.717) is 19.3 Å². The number of ether oxygens (including phenoxy) is 3. The van der Waals surface area contributed by atoms with Crippen LogP contribution in [-0.4, -0.2) is 37.2 Å². The van der Waals surface area contributed by atoms with E-state index in [2.05, 4.69) is 130 Å². The highest BCUT2D eigenvalue weighted by Crippen LogP contribution is 2.16. The molecule has 0 N–H and O–H groups in total. The topological polar surface area (TPSA) is 78.9 Å². The molecule has 6 heteroatoms. The molecule has 458 valence electrons. The summed E-state index contributed by atoms with van der Waals surface area (Å²) >= 11 is 0. The molecule has 0 aromatic carbocycles. The van der Waals surface area contributed by atoms with Crippen molar-refractivity contribution in [3.05, 3.63) is 109 Å². The van der Waals surface area contributed by atoms with Crippen molar-refractivity contribution in [2.75, 3.05) is 13.2 Å². The second kappa shape index (κ2) is 67.6. The summed E-state index contributed by atoms with van der Waals surface area (Å²) in [5.41, 5.74) is 0. The van der Waals surface area contributed by atoms with E-state index in [1.807, 2.05) is 0 Å². The SMILES string of the molecule is CC/C=C\C/C=C\C/C=C\C/C=C\C/C=C\C/C=C\C/C=C\C/C=C\CCCCCCC(=O)OCC(COC(=O)CCCCCCCCCC)OC(=O)CCCCCCCCCCCCCCC/C=C\CCCCCCCCCC. The zero-order valence-electron chi connectivity index (χ0n) is 52.6. The lowest BCUT2D eigenvalue weighted by molar-refractivity contribution is -0.167. The lowest BCUT2D eigenvalue weighted by atomic mass is 10.0. The van der Waals surface area contributed by atoms with E-state index in [-0.39, 0.29) is 31.1 Å². The molecule has 0 amide bonds. The van der Waals surface area contributed by atoms with Gasteiger partial charge in [-0.15, -0.1) is 0 Å². The van der Waals surface area contributed by atoms with Crippen LogP contribution in [0.4, 0.5) is 0 Å². The third kappa shape index (κ3) is 64.9. The number of hydrogen-bond acceptors (Lipinski definition) is 6. The highest BCUT2D eigenvalue weighted by Gasteiger charge is 2.19. The first kappa shape index (κ1) is 76.1. The highest BCUT2D eigenvalue weighted by molar-refractivity contribution is 5.71. The van der Waals surface area contributed by atoms with Crippen LogP contribution in [0.1, 0.15) is 323 Å². The summed E-state index contributed by atoms with van der Waals surface area (Å²) in [6, 6.07) is 0. The van der Waals surface area contributed by atoms with Crippen LogP contribution in [0.5, 0.6) is 0 Å². The van der Waals surface area contributed by atoms with Crippen LogP contribution in [-0.2, 0) is 28.6 Å². The summed E-state index contributed by atoms with van der Waals surface area (Å²) in [6.07, 6.45) is 92.7. The fourth-order valence-corrected chi connectivity index (χ4v) is 9.45. The standard InChI is InChI=1S/C74H126O6/c1-4-7-10-13-16-19-21-23-25-27-29-31-33-35-36-37-38-40-41-43-45-47-49-51-53-55-58-61-64-67-73(76)79-70-71(69-78-72(75)66-63-60-57-18-15-12-9-6-3)80-74(77)68-65-62-59-56-54-52-50-48-46-44-42-39-34-32-30-28-26-24-22-20-17-14-11-8-5-2/h7,10,16,19,23,25,28-31,35-36,38,40,43,45,49,51,71H,4-6,8-9,11-15,17-18,20-22,24,26-27,32-34,37,39,41-42,44,46-48,50,52-70H2,1-3H3/b10-7-,19-16-,25-23-,30-28-,31-29-,36-35-,40-38-,45-43-,51-49-. The zero-order chi connectivity index (χ0) is 57.8. The summed E-state index contributed by atoms with van der Waals surface area (Å²) in [5, 5.41) is 0. The molecule has 0 heterocycles. The molecule has 0 saturated heterocycles. The van der Waals surface area contributed by atoms with Gasteiger partial charge in [0.2, 0.25) is 0 Å². The monoisotopic (exact) mass is 1110 g/mol. The Balaban J connectivity index is 4.22. The molecule has 0 fully saturated rings. The van der Waals surface area contributed by atoms with E-state index in [1.54, 1.807) is 0 Å². The van der Waals surface area contributed by atoms with Gasteiger partial charge in [0, 0.05) is 19.3 Å². The van der Waals surface area contributed by atoms with Crippen molar-refractivity contribution in [3.8, 4) is 0 Å². The smallest absolute Gasteiger partial charge is 0.306 e. The Kier molecular flexibility index (Phi) is 64.3. The van der Waals surface area contributed by atoms with Crippen LogP contribution in [0.3, 0.4) is 0 Å². The van der Waals surface area contributed by atoms with Crippen LogP contribution in [0, 0.1) is 0 Å². The third-order valence-corrected chi connectivity index (χ3v) is 14.5. The van der Waals surface area contributed by atoms with Crippen LogP contribution in [0.25, 0.3) is 0 Å². The fourth-order valence-electron chi connectivity index (χ4n) is 9.45. The molecule has 0 aliphatic heterocycles. The van der Waals surface area contributed by atoms with Gasteiger partial charge in [-0.05, 0) is 109 Å². The molecule has 80 heavy (non-hydrogen) atoms. The van der Waals surface area contributed by atoms with Crippen LogP contribution < -0.4 is 0 Å². The first-order valence-corrected chi connectivity index (χ1v) is 33.9. The van der Waals surface area contributed by atoms with E-state index in [4.69, 9.17) is 14.2 Å². The second-order valence-corrected chi connectivity index (χ2v) is 22.4. The zero-order valence-corrected chi connectivity index (χ0v) is 52.6. The number of unbranched alkanes of at least 4 members (excludes halogenated alkanes) is 32. The van der Waals surface area contributed by atoms with E-state index in [1.165, 1.54) is 161 Å². The number of carbonyl (C=O) groups is 3. The first-order valence-electron chi connectivity index (χ1n) is 33.9. The Bertz CT molecular complexity index is 1610. The van der Waals surface area contributed by atoms with Gasteiger partial charge >= 0.3 is 17.9 Å². The van der Waals surface area contributed by atoms with Gasteiger partial charge in [0.15, 0.2) is 6.10 Å². The van der Waals surface area contributed by atoms with Gasteiger partial charge in [0.25, 0.3) is 0 Å². The Morgan fingerprint density at radius 3 is 0.775 bits per heavy atom. The summed E-state index contributed by atoms with van der Waals surface area (Å²) < 4.78 is 16.9. The summed E-state index contributed by atoms with van der Waals surface area (Å²) in [6.45, 7) is 6.50. The summed E-state index contributed by atoms with van der Waals surface area (Å²) in [7, 11) is 0. The average Bonchev–Trinajstić information content (AvgIpc) is 3.46. The van der Waals surface area contributed by atoms with Gasteiger partial charge < -0.3 is 14.2 Å². The number of esters is 3. The number of rotatable bonds is 61. The third-order valence-electron chi connectivity index (χ3n) is 14.5. The normalized spacial score (nSPS) is 12.8. The predicted octanol–water partition coefficient (Wildman–Crippen LogP) is 23.4. The summed E-state index contributed by atoms with van der Waals surface area (Å²) in [4.78, 5) is 38.2. The Hall–Kier alpha value is -3.93. The Morgan fingerprint density at radius 1 is 0.263 bits per heavy atom. The van der Waals surface area contributed by atoms with E-state index in [9.17, 15) is 14.4 Å². The molecular weight excluding hydrogens is 985 g/mol. The maximum atomic E-state index is 12.9. The minimum atomic E-state index is -0.788. The van der Waals surface area contributed by atoms with Crippen LogP contribution in [0.2, 0.25) is 0 Å². The summed E-state index contributed by atoms with van der Waals surface area (Å²) in [5.74, 6) is -0.906. The highest BCUT2D eigenvalue weighted by atomic mass is 16.6. The predicted molar refractivity (Wildman–Crippen MR) is 348 cm³/mol. The Morgan fingerprint density at radius 2 is 0.487 bits per heavy atom. The minimum absolute atomic E-state index is 0.0846. The molecule has 0 rings (SSSR count). The molecule has 0 radical (unpaired) electrons. The lowest BCUT2D eigenvalue weighted by Crippen LogP contribution is -2.30. The quantitative estimate of drug-likeness (QED) is 0.0261. The van der Waals surface area contributed by atoms with Crippen molar-refractivity contribution < 1.29 is 28.6 Å². The van der Waals surface area contributed by atoms with Crippen LogP contribution >= 0.6 is 0 Å². The molecule has 0 aliphatic rings. The molecule has 0 bridgehead atoms. The largest absolute Gasteiger partial charge is 0.462 e. The minimum Gasteiger partial charge on any atom is -0.462 e. The van der Waals surface area contributed by atoms with Crippen molar-refractivity contribution in [1.82, 2.24) is 0 Å². The number of hydrogen-bond donors (Lipinski definition) is 0. The van der Waals surface area contributed by atoms with E-state index >= 15 is 0 Å². The van der Waals surface area contributed by atoms with Crippen molar-refractivity contribution in [1.29, 1.82) is 0 Å². The van der Waals surface area contributed by atoms with Crippen molar-refractivity contribution in [2.45, 2.75) is 329 Å². The second-order valence-electron chi connectivity index (χ2n) is 22.4. The van der Waals surface area contributed by atoms with Crippen LogP contribution in [0.15, 0.2) is 109 Å². The lowest BCUT2D eigenvalue weighted by Gasteiger charge is -2.18. The molecule has 0 saturated carbocycles. The fraction of sp³-hybridized carbons (Fsp3) is 0.716. The maximum absolute atomic E-state index is 12.9. The van der Waals surface area contributed by atoms with E-state index in [0.717, 1.165) is 122 Å². The molecule has 0 aliphatic carbocycles. The molecule has 0 aromatic heterocycles. The molecule has 1 atom stereocenters. The number of carbonyl (C=O) groups excluding carboxylic acids is 3. The van der Waals surface area contributed by atoms with Gasteiger partial charge in [-0.25, -0.2) is 0 Å². The first-order chi connectivity index (χ1) is 39.5. The number of allylic oxidation sites excluding steroid dienone is 18. The van der Waals surface area contributed by atoms with Gasteiger partial charge in [0.05, 0.1) is 0 Å². The molecule has 0 spiro atoms. The molecular formula is C74H126O6. The molecule has 6 nitrogen and oxygen atoms in total. The molecule has 0 aromatic rings. The van der Waals surface area contributed by atoms with Gasteiger partial charge in [-0.3, -0.25) is 14.4 Å². The van der Waals surface area contributed by atoms with Gasteiger partial charge in [-0.1, -0.05) is 304 Å². The molecule has 1 unspecified atom stereocenters. The van der Waals surface area contributed by atoms with Gasteiger partial charge in [-0.2, -0.15) is 0 Å². The average molecular weight is 1110 g/mol. The maximum Gasteiger partial charge on any atom is 0.306 e. The van der Waals surface area contributed by atoms with E-state index < -0.39 is 6.10 Å². The van der Waals surface area contributed by atoms with Gasteiger partial charge in [0.1, 0.15) is 13.2 Å². The van der Waals surface area contributed by atoms with Crippen molar-refractivity contribution in [3.63, 3.8) is 0 Å². The van der Waals surface area contributed by atoms with Crippen molar-refractivity contribution in [2.24, 2.45) is 0 Å². The van der Waals surface area contributed by atoms with Crippen molar-refractivity contribution >= 4 is 17.9 Å².